The molecule has 1 aromatic carbocycles. The number of hydrogen-bond donors (Lipinski definition) is 1. The van der Waals surface area contributed by atoms with Crippen molar-refractivity contribution in [2.45, 2.75) is 23.2 Å². The molecule has 0 unspecified atom stereocenters. The van der Waals surface area contributed by atoms with Crippen LogP contribution in [-0.4, -0.2) is 27.7 Å². The Morgan fingerprint density at radius 3 is 2.45 bits per heavy atom. The van der Waals surface area contributed by atoms with Gasteiger partial charge in [-0.1, -0.05) is 12.1 Å². The zero-order valence-electron chi connectivity index (χ0n) is 11.8. The van der Waals surface area contributed by atoms with Crippen molar-refractivity contribution in [1.29, 1.82) is 5.26 Å². The number of hydrogen-bond acceptors (Lipinski definition) is 3. The summed E-state index contributed by atoms with van der Waals surface area (Å²) in [5, 5.41) is 11.5. The number of alkyl halides is 2. The second-order valence-corrected chi connectivity index (χ2v) is 7.36. The van der Waals surface area contributed by atoms with Gasteiger partial charge < -0.3 is 5.32 Å². The highest BCUT2D eigenvalue weighted by molar-refractivity contribution is 6.50. The Labute approximate surface area is 137 Å². The summed E-state index contributed by atoms with van der Waals surface area (Å²) in [5.74, 6) is -0.424. The van der Waals surface area contributed by atoms with E-state index in [0.717, 1.165) is 4.90 Å². The molecule has 0 radical (unpaired) electrons. The van der Waals surface area contributed by atoms with E-state index in [2.05, 4.69) is 5.32 Å². The third-order valence-corrected chi connectivity index (χ3v) is 5.15. The fourth-order valence-electron chi connectivity index (χ4n) is 2.62. The number of nitrogens with zero attached hydrogens (tertiary/aromatic N) is 2. The van der Waals surface area contributed by atoms with E-state index in [4.69, 9.17) is 28.5 Å². The van der Waals surface area contributed by atoms with Gasteiger partial charge in [-0.15, -0.1) is 23.2 Å². The first-order valence-electron chi connectivity index (χ1n) is 6.80. The van der Waals surface area contributed by atoms with Crippen LogP contribution in [0.2, 0.25) is 0 Å². The van der Waals surface area contributed by atoms with Crippen molar-refractivity contribution in [3.63, 3.8) is 0 Å². The average Bonchev–Trinajstić information content (AvgIpc) is 3.03. The maximum Gasteiger partial charge on any atom is 0.325 e. The molecule has 2 atom stereocenters. The first kappa shape index (κ1) is 15.1. The van der Waals surface area contributed by atoms with Gasteiger partial charge in [-0.3, -0.25) is 9.69 Å². The standard InChI is InChI=1S/C15H13Cl2N3O2/c1-14(10-4-2-9(7-18)3-5-10)12(21)20(13(22)19-14)8-11-6-15(11,16)17/h2-5,11H,6,8H2,1H3,(H,19,22)/t11-,14-/m0/s1. The van der Waals surface area contributed by atoms with E-state index in [9.17, 15) is 9.59 Å². The van der Waals surface area contributed by atoms with E-state index >= 15 is 0 Å². The zero-order chi connectivity index (χ0) is 16.1. The van der Waals surface area contributed by atoms with Gasteiger partial charge in [0.15, 0.2) is 0 Å². The number of rotatable bonds is 3. The minimum absolute atomic E-state index is 0.0890. The van der Waals surface area contributed by atoms with E-state index < -0.39 is 15.9 Å². The van der Waals surface area contributed by atoms with Crippen LogP contribution in [0.25, 0.3) is 0 Å². The molecule has 1 saturated heterocycles. The first-order valence-corrected chi connectivity index (χ1v) is 7.56. The zero-order valence-corrected chi connectivity index (χ0v) is 13.3. The average molecular weight is 338 g/mol. The van der Waals surface area contributed by atoms with Crippen molar-refractivity contribution in [3.05, 3.63) is 35.4 Å². The summed E-state index contributed by atoms with van der Waals surface area (Å²) in [6.45, 7) is 1.86. The molecule has 1 aliphatic heterocycles. The fourth-order valence-corrected chi connectivity index (χ4v) is 3.14. The van der Waals surface area contributed by atoms with E-state index in [0.29, 0.717) is 17.5 Å². The van der Waals surface area contributed by atoms with Gasteiger partial charge in [-0.2, -0.15) is 5.26 Å². The molecule has 114 valence electrons. The highest BCUT2D eigenvalue weighted by atomic mass is 35.5. The summed E-state index contributed by atoms with van der Waals surface area (Å²) >= 11 is 11.9. The molecule has 2 aliphatic rings. The van der Waals surface area contributed by atoms with Crippen molar-refractivity contribution in [2.75, 3.05) is 6.54 Å². The maximum atomic E-state index is 12.7. The minimum atomic E-state index is -1.14. The number of carbonyl (C=O) groups excluding carboxylic acids is 2. The van der Waals surface area contributed by atoms with E-state index in [1.165, 1.54) is 0 Å². The molecule has 1 aliphatic carbocycles. The van der Waals surface area contributed by atoms with E-state index in [-0.39, 0.29) is 18.4 Å². The fraction of sp³-hybridized carbons (Fsp3) is 0.400. The molecule has 1 aromatic rings. The minimum Gasteiger partial charge on any atom is -0.319 e. The van der Waals surface area contributed by atoms with E-state index in [1.807, 2.05) is 6.07 Å². The van der Waals surface area contributed by atoms with Gasteiger partial charge in [0.1, 0.15) is 9.87 Å². The maximum absolute atomic E-state index is 12.7. The largest absolute Gasteiger partial charge is 0.325 e. The van der Waals surface area contributed by atoms with Crippen LogP contribution in [0.3, 0.4) is 0 Å². The Hall–Kier alpha value is -1.77. The van der Waals surface area contributed by atoms with Crippen LogP contribution >= 0.6 is 23.2 Å². The molecule has 1 saturated carbocycles. The molecule has 0 aromatic heterocycles. The van der Waals surface area contributed by atoms with Gasteiger partial charge in [-0.25, -0.2) is 4.79 Å². The number of halogens is 2. The van der Waals surface area contributed by atoms with Crippen molar-refractivity contribution in [2.24, 2.45) is 5.92 Å². The van der Waals surface area contributed by atoms with Crippen LogP contribution in [0, 0.1) is 17.2 Å². The second-order valence-electron chi connectivity index (χ2n) is 5.82. The lowest BCUT2D eigenvalue weighted by Crippen LogP contribution is -2.41. The molecule has 3 amide bonds. The Balaban J connectivity index is 1.84. The number of nitrogens with one attached hydrogen (secondary N) is 1. The number of amides is 3. The molecular formula is C15H13Cl2N3O2. The third kappa shape index (κ3) is 2.33. The summed E-state index contributed by atoms with van der Waals surface area (Å²) in [6.07, 6.45) is 0.570. The Morgan fingerprint density at radius 2 is 1.95 bits per heavy atom. The molecule has 22 heavy (non-hydrogen) atoms. The molecule has 0 bridgehead atoms. The van der Waals surface area contributed by atoms with Crippen LogP contribution in [0.1, 0.15) is 24.5 Å². The van der Waals surface area contributed by atoms with Gasteiger partial charge >= 0.3 is 6.03 Å². The van der Waals surface area contributed by atoms with Gasteiger partial charge in [0.2, 0.25) is 0 Å². The van der Waals surface area contributed by atoms with Gasteiger partial charge in [-0.05, 0) is 31.0 Å². The molecule has 2 fully saturated rings. The van der Waals surface area contributed by atoms with Crippen molar-refractivity contribution in [1.82, 2.24) is 10.2 Å². The van der Waals surface area contributed by atoms with Crippen molar-refractivity contribution >= 4 is 35.1 Å². The topological polar surface area (TPSA) is 73.2 Å². The quantitative estimate of drug-likeness (QED) is 0.680. The monoisotopic (exact) mass is 337 g/mol. The predicted octanol–water partition coefficient (Wildman–Crippen LogP) is 2.52. The van der Waals surface area contributed by atoms with Crippen LogP contribution < -0.4 is 5.32 Å². The van der Waals surface area contributed by atoms with Crippen LogP contribution in [0.15, 0.2) is 24.3 Å². The number of nitriles is 1. The number of urea groups is 1. The van der Waals surface area contributed by atoms with Crippen LogP contribution in [0.4, 0.5) is 4.79 Å². The lowest BCUT2D eigenvalue weighted by molar-refractivity contribution is -0.131. The summed E-state index contributed by atoms with van der Waals surface area (Å²) in [6, 6.07) is 8.14. The summed E-state index contributed by atoms with van der Waals surface area (Å²) < 4.78 is -0.839. The Kier molecular flexibility index (Phi) is 3.35. The normalized spacial score (nSPS) is 29.2. The Morgan fingerprint density at radius 1 is 1.36 bits per heavy atom. The van der Waals surface area contributed by atoms with Gasteiger partial charge in [0.25, 0.3) is 5.91 Å². The summed E-state index contributed by atoms with van der Waals surface area (Å²) in [5.41, 5.74) is -0.0134. The lowest BCUT2D eigenvalue weighted by Gasteiger charge is -2.22. The van der Waals surface area contributed by atoms with Crippen LogP contribution in [0.5, 0.6) is 0 Å². The lowest BCUT2D eigenvalue weighted by atomic mass is 9.91. The molecular weight excluding hydrogens is 325 g/mol. The smallest absolute Gasteiger partial charge is 0.319 e. The molecule has 0 spiro atoms. The van der Waals surface area contributed by atoms with E-state index in [1.54, 1.807) is 31.2 Å². The summed E-state index contributed by atoms with van der Waals surface area (Å²) in [7, 11) is 0. The highest BCUT2D eigenvalue weighted by Crippen LogP contribution is 2.53. The highest BCUT2D eigenvalue weighted by Gasteiger charge is 2.56. The number of carbonyl (C=O) groups is 2. The van der Waals surface area contributed by atoms with Crippen molar-refractivity contribution in [3.8, 4) is 6.07 Å². The summed E-state index contributed by atoms with van der Waals surface area (Å²) in [4.78, 5) is 25.9. The third-order valence-electron chi connectivity index (χ3n) is 4.22. The predicted molar refractivity (Wildman–Crippen MR) is 81.3 cm³/mol. The van der Waals surface area contributed by atoms with Crippen LogP contribution in [-0.2, 0) is 10.3 Å². The van der Waals surface area contributed by atoms with Gasteiger partial charge in [0, 0.05) is 12.5 Å². The SMILES string of the molecule is C[C@@]1(c2ccc(C#N)cc2)NC(=O)N(C[C@@H]2CC2(Cl)Cl)C1=O. The molecule has 5 nitrogen and oxygen atoms in total. The van der Waals surface area contributed by atoms with Gasteiger partial charge in [0.05, 0.1) is 11.6 Å². The second kappa shape index (κ2) is 4.87. The number of imide groups is 1. The molecule has 7 heteroatoms. The molecule has 1 N–H and O–H groups in total. The Bertz CT molecular complexity index is 696. The molecule has 3 rings (SSSR count). The number of benzene rings is 1. The van der Waals surface area contributed by atoms with Crippen molar-refractivity contribution < 1.29 is 9.59 Å². The first-order chi connectivity index (χ1) is 10.3. The molecule has 1 heterocycles.